The second-order valence-electron chi connectivity index (χ2n) is 4.20. The zero-order valence-corrected chi connectivity index (χ0v) is 11.1. The van der Waals surface area contributed by atoms with Crippen LogP contribution in [0.25, 0.3) is 6.08 Å². The summed E-state index contributed by atoms with van der Waals surface area (Å²) in [5.74, 6) is -0.645. The van der Waals surface area contributed by atoms with Crippen LogP contribution in [0.15, 0.2) is 24.3 Å². The molecular weight excluding hydrogens is 264 g/mol. The van der Waals surface area contributed by atoms with Crippen molar-refractivity contribution in [1.82, 2.24) is 0 Å². The molecule has 0 bridgehead atoms. The van der Waals surface area contributed by atoms with E-state index in [1.807, 2.05) is 0 Å². The predicted molar refractivity (Wildman–Crippen MR) is 72.3 cm³/mol. The SMILES string of the molecule is COc1ccc(C(O)C(O)CCO)cc1/C=C/C(=O)O. The maximum absolute atomic E-state index is 10.5. The van der Waals surface area contributed by atoms with Crippen molar-refractivity contribution in [3.63, 3.8) is 0 Å². The lowest BCUT2D eigenvalue weighted by atomic mass is 9.99. The molecule has 6 heteroatoms. The molecule has 0 spiro atoms. The standard InChI is InChI=1S/C14H18O6/c1-20-12-4-2-10(14(19)11(16)6-7-15)8-9(12)3-5-13(17)18/h2-5,8,11,14-16,19H,6-7H2,1H3,(H,17,18)/b5-3+. The summed E-state index contributed by atoms with van der Waals surface area (Å²) < 4.78 is 5.09. The molecule has 0 aliphatic carbocycles. The fourth-order valence-corrected chi connectivity index (χ4v) is 1.74. The molecule has 0 radical (unpaired) electrons. The molecule has 0 aromatic heterocycles. The van der Waals surface area contributed by atoms with E-state index in [4.69, 9.17) is 14.9 Å². The average Bonchev–Trinajstić information content (AvgIpc) is 2.44. The van der Waals surface area contributed by atoms with Crippen LogP contribution in [0.3, 0.4) is 0 Å². The van der Waals surface area contributed by atoms with Gasteiger partial charge in [0.25, 0.3) is 0 Å². The molecule has 4 N–H and O–H groups in total. The first-order chi connectivity index (χ1) is 9.49. The highest BCUT2D eigenvalue weighted by Gasteiger charge is 2.18. The summed E-state index contributed by atoms with van der Waals surface area (Å²) in [6.45, 7) is -0.236. The summed E-state index contributed by atoms with van der Waals surface area (Å²) in [5, 5.41) is 37.0. The number of carboxylic acids is 1. The van der Waals surface area contributed by atoms with Crippen LogP contribution in [-0.4, -0.2) is 46.2 Å². The van der Waals surface area contributed by atoms with E-state index in [1.165, 1.54) is 19.3 Å². The topological polar surface area (TPSA) is 107 Å². The first-order valence-electron chi connectivity index (χ1n) is 6.05. The van der Waals surface area contributed by atoms with Crippen LogP contribution in [0.5, 0.6) is 5.75 Å². The number of ether oxygens (including phenoxy) is 1. The molecule has 0 aliphatic rings. The van der Waals surface area contributed by atoms with E-state index in [0.29, 0.717) is 16.9 Å². The van der Waals surface area contributed by atoms with Gasteiger partial charge < -0.3 is 25.2 Å². The van der Waals surface area contributed by atoms with E-state index in [-0.39, 0.29) is 13.0 Å². The van der Waals surface area contributed by atoms with E-state index in [9.17, 15) is 15.0 Å². The second kappa shape index (κ2) is 7.64. The molecule has 0 heterocycles. The summed E-state index contributed by atoms with van der Waals surface area (Å²) >= 11 is 0. The summed E-state index contributed by atoms with van der Waals surface area (Å²) in [7, 11) is 1.45. The lowest BCUT2D eigenvalue weighted by molar-refractivity contribution is -0.131. The van der Waals surface area contributed by atoms with Gasteiger partial charge in [0.1, 0.15) is 11.9 Å². The van der Waals surface area contributed by atoms with Gasteiger partial charge in [0.2, 0.25) is 0 Å². The molecule has 1 aromatic carbocycles. The molecule has 6 nitrogen and oxygen atoms in total. The largest absolute Gasteiger partial charge is 0.496 e. The van der Waals surface area contributed by atoms with Crippen molar-refractivity contribution in [1.29, 1.82) is 0 Å². The molecule has 0 fully saturated rings. The number of hydrogen-bond donors (Lipinski definition) is 4. The highest BCUT2D eigenvalue weighted by molar-refractivity contribution is 5.86. The Morgan fingerprint density at radius 1 is 1.40 bits per heavy atom. The zero-order valence-electron chi connectivity index (χ0n) is 11.1. The van der Waals surface area contributed by atoms with Crippen molar-refractivity contribution in [3.8, 4) is 5.75 Å². The third-order valence-corrected chi connectivity index (χ3v) is 2.79. The van der Waals surface area contributed by atoms with Crippen molar-refractivity contribution >= 4 is 12.0 Å². The van der Waals surface area contributed by atoms with Gasteiger partial charge in [-0.1, -0.05) is 6.07 Å². The molecule has 0 amide bonds. The fourth-order valence-electron chi connectivity index (χ4n) is 1.74. The molecule has 110 valence electrons. The lowest BCUT2D eigenvalue weighted by Gasteiger charge is -2.18. The maximum Gasteiger partial charge on any atom is 0.328 e. The minimum Gasteiger partial charge on any atom is -0.496 e. The van der Waals surface area contributed by atoms with E-state index < -0.39 is 18.2 Å². The van der Waals surface area contributed by atoms with Gasteiger partial charge in [-0.05, 0) is 30.2 Å². The molecule has 2 atom stereocenters. The van der Waals surface area contributed by atoms with E-state index in [1.54, 1.807) is 12.1 Å². The molecule has 0 aliphatic heterocycles. The van der Waals surface area contributed by atoms with E-state index in [2.05, 4.69) is 0 Å². The number of aliphatic hydroxyl groups excluding tert-OH is 3. The number of hydrogen-bond acceptors (Lipinski definition) is 5. The average molecular weight is 282 g/mol. The Kier molecular flexibility index (Phi) is 6.17. The number of carboxylic acid groups (broad SMARTS) is 1. The fraction of sp³-hybridized carbons (Fsp3) is 0.357. The Bertz CT molecular complexity index is 483. The van der Waals surface area contributed by atoms with Gasteiger partial charge in [0.15, 0.2) is 0 Å². The van der Waals surface area contributed by atoms with Crippen LogP contribution in [-0.2, 0) is 4.79 Å². The van der Waals surface area contributed by atoms with Crippen molar-refractivity contribution in [2.75, 3.05) is 13.7 Å². The molecule has 0 saturated heterocycles. The van der Waals surface area contributed by atoms with Crippen LogP contribution in [0.4, 0.5) is 0 Å². The number of benzene rings is 1. The summed E-state index contributed by atoms with van der Waals surface area (Å²) in [5.41, 5.74) is 0.888. The zero-order chi connectivity index (χ0) is 15.1. The van der Waals surface area contributed by atoms with Crippen molar-refractivity contribution in [2.24, 2.45) is 0 Å². The van der Waals surface area contributed by atoms with Crippen LogP contribution >= 0.6 is 0 Å². The maximum atomic E-state index is 10.5. The van der Waals surface area contributed by atoms with Crippen molar-refractivity contribution in [2.45, 2.75) is 18.6 Å². The van der Waals surface area contributed by atoms with Gasteiger partial charge in [-0.15, -0.1) is 0 Å². The van der Waals surface area contributed by atoms with Gasteiger partial charge in [-0.3, -0.25) is 0 Å². The highest BCUT2D eigenvalue weighted by atomic mass is 16.5. The normalized spacial score (nSPS) is 14.2. The minimum absolute atomic E-state index is 0.0491. The predicted octanol–water partition coefficient (Wildman–Crippen LogP) is 0.570. The Morgan fingerprint density at radius 3 is 2.65 bits per heavy atom. The van der Waals surface area contributed by atoms with Crippen LogP contribution in [0, 0.1) is 0 Å². The first kappa shape index (κ1) is 16.2. The number of methoxy groups -OCH3 is 1. The van der Waals surface area contributed by atoms with E-state index >= 15 is 0 Å². The van der Waals surface area contributed by atoms with E-state index in [0.717, 1.165) is 6.08 Å². The minimum atomic E-state index is -1.16. The van der Waals surface area contributed by atoms with Crippen molar-refractivity contribution < 1.29 is 30.0 Å². The summed E-state index contributed by atoms with van der Waals surface area (Å²) in [6, 6.07) is 4.68. The Hall–Kier alpha value is -1.89. The molecule has 0 saturated carbocycles. The van der Waals surface area contributed by atoms with Crippen LogP contribution in [0.1, 0.15) is 23.7 Å². The van der Waals surface area contributed by atoms with Crippen molar-refractivity contribution in [3.05, 3.63) is 35.4 Å². The monoisotopic (exact) mass is 282 g/mol. The van der Waals surface area contributed by atoms with Gasteiger partial charge in [-0.25, -0.2) is 4.79 Å². The molecule has 1 aromatic rings. The third kappa shape index (κ3) is 4.34. The van der Waals surface area contributed by atoms with Gasteiger partial charge >= 0.3 is 5.97 Å². The molecule has 1 rings (SSSR count). The van der Waals surface area contributed by atoms with Crippen LogP contribution < -0.4 is 4.74 Å². The molecular formula is C14H18O6. The smallest absolute Gasteiger partial charge is 0.328 e. The van der Waals surface area contributed by atoms with Gasteiger partial charge in [0.05, 0.1) is 13.2 Å². The Morgan fingerprint density at radius 2 is 2.10 bits per heavy atom. The van der Waals surface area contributed by atoms with Gasteiger partial charge in [-0.2, -0.15) is 0 Å². The Labute approximate surface area is 116 Å². The van der Waals surface area contributed by atoms with Gasteiger partial charge in [0, 0.05) is 18.2 Å². The highest BCUT2D eigenvalue weighted by Crippen LogP contribution is 2.26. The van der Waals surface area contributed by atoms with Crippen LogP contribution in [0.2, 0.25) is 0 Å². The molecule has 2 unspecified atom stereocenters. The quantitative estimate of drug-likeness (QED) is 0.545. The third-order valence-electron chi connectivity index (χ3n) is 2.79. The first-order valence-corrected chi connectivity index (χ1v) is 6.05. The summed E-state index contributed by atoms with van der Waals surface area (Å²) in [6.07, 6.45) is 0.0938. The summed E-state index contributed by atoms with van der Waals surface area (Å²) in [4.78, 5) is 10.5. The Balaban J connectivity index is 3.05. The lowest BCUT2D eigenvalue weighted by Crippen LogP contribution is -2.19. The molecule has 20 heavy (non-hydrogen) atoms. The second-order valence-corrected chi connectivity index (χ2v) is 4.20. The number of aliphatic carboxylic acids is 1. The number of aliphatic hydroxyl groups is 3. The number of rotatable bonds is 7. The number of carbonyl (C=O) groups is 1.